The summed E-state index contributed by atoms with van der Waals surface area (Å²) in [7, 11) is 0. The van der Waals surface area contributed by atoms with Crippen molar-refractivity contribution in [3.8, 4) is 0 Å². The van der Waals surface area contributed by atoms with Crippen molar-refractivity contribution in [3.63, 3.8) is 0 Å². The summed E-state index contributed by atoms with van der Waals surface area (Å²) in [5.74, 6) is 0.886. The predicted molar refractivity (Wildman–Crippen MR) is 90.4 cm³/mol. The van der Waals surface area contributed by atoms with Gasteiger partial charge in [0.15, 0.2) is 0 Å². The number of hydrogen-bond donors (Lipinski definition) is 1. The maximum atomic E-state index is 6.30. The van der Waals surface area contributed by atoms with Crippen LogP contribution in [0.3, 0.4) is 0 Å². The Balaban J connectivity index is 1.77. The van der Waals surface area contributed by atoms with Crippen LogP contribution in [0, 0.1) is 6.92 Å². The molecule has 0 spiro atoms. The number of fused-ring (bicyclic) bond motifs is 1. The van der Waals surface area contributed by atoms with Crippen LogP contribution in [0.4, 0.5) is 5.82 Å². The predicted octanol–water partition coefficient (Wildman–Crippen LogP) is 4.70. The first-order chi connectivity index (χ1) is 10.1. The van der Waals surface area contributed by atoms with Crippen LogP contribution in [0.5, 0.6) is 0 Å². The smallest absolute Gasteiger partial charge is 0.138 e. The van der Waals surface area contributed by atoms with Crippen LogP contribution in [0.25, 0.3) is 10.2 Å². The minimum absolute atomic E-state index is 0.239. The number of aromatic nitrogens is 2. The molecular weight excluding hydrogens is 302 g/mol. The number of hydrogen-bond acceptors (Lipinski definition) is 4. The molecule has 2 heterocycles. The number of nitrogens with zero attached hydrogens (tertiary/aromatic N) is 2. The van der Waals surface area contributed by atoms with Gasteiger partial charge in [-0.2, -0.15) is 0 Å². The number of nitrogens with one attached hydrogen (secondary N) is 1. The van der Waals surface area contributed by atoms with E-state index in [2.05, 4.69) is 34.3 Å². The summed E-state index contributed by atoms with van der Waals surface area (Å²) in [5, 5.41) is 7.39. The van der Waals surface area contributed by atoms with Gasteiger partial charge in [0.25, 0.3) is 0 Å². The molecule has 3 aromatic rings. The normalized spacial score (nSPS) is 12.5. The Kier molecular flexibility index (Phi) is 4.08. The van der Waals surface area contributed by atoms with Crippen molar-refractivity contribution in [1.29, 1.82) is 0 Å². The number of thiophene rings is 1. The summed E-state index contributed by atoms with van der Waals surface area (Å²) in [6.07, 6.45) is 2.46. The summed E-state index contributed by atoms with van der Waals surface area (Å²) < 4.78 is 0. The molecule has 1 aromatic carbocycles. The van der Waals surface area contributed by atoms with E-state index in [4.69, 9.17) is 11.6 Å². The quantitative estimate of drug-likeness (QED) is 0.758. The average molecular weight is 318 g/mol. The minimum Gasteiger partial charge on any atom is -0.367 e. The average Bonchev–Trinajstić information content (AvgIpc) is 2.91. The van der Waals surface area contributed by atoms with Crippen LogP contribution < -0.4 is 5.32 Å². The summed E-state index contributed by atoms with van der Waals surface area (Å²) in [5.41, 5.74) is 2.33. The van der Waals surface area contributed by atoms with Gasteiger partial charge < -0.3 is 5.32 Å². The highest BCUT2D eigenvalue weighted by Gasteiger charge is 2.10. The molecule has 0 aliphatic rings. The molecule has 0 saturated heterocycles. The molecule has 0 fully saturated rings. The zero-order valence-corrected chi connectivity index (χ0v) is 13.5. The lowest BCUT2D eigenvalue weighted by atomic mass is 10.1. The van der Waals surface area contributed by atoms with E-state index >= 15 is 0 Å². The van der Waals surface area contributed by atoms with E-state index < -0.39 is 0 Å². The van der Waals surface area contributed by atoms with Crippen LogP contribution in [-0.4, -0.2) is 16.0 Å². The van der Waals surface area contributed by atoms with Gasteiger partial charge in [-0.05, 0) is 48.9 Å². The van der Waals surface area contributed by atoms with Crippen LogP contribution >= 0.6 is 22.9 Å². The van der Waals surface area contributed by atoms with Gasteiger partial charge in [-0.3, -0.25) is 0 Å². The van der Waals surface area contributed by atoms with Gasteiger partial charge in [-0.25, -0.2) is 9.97 Å². The third kappa shape index (κ3) is 3.17. The van der Waals surface area contributed by atoms with E-state index in [9.17, 15) is 0 Å². The monoisotopic (exact) mass is 317 g/mol. The molecule has 0 amide bonds. The molecule has 2 aromatic heterocycles. The molecule has 1 unspecified atom stereocenters. The molecule has 0 radical (unpaired) electrons. The second kappa shape index (κ2) is 6.00. The van der Waals surface area contributed by atoms with Crippen molar-refractivity contribution in [3.05, 3.63) is 52.1 Å². The Morgan fingerprint density at radius 2 is 2.14 bits per heavy atom. The van der Waals surface area contributed by atoms with Gasteiger partial charge in [0.1, 0.15) is 17.0 Å². The van der Waals surface area contributed by atoms with Gasteiger partial charge in [0.05, 0.1) is 5.39 Å². The molecule has 3 rings (SSSR count). The zero-order valence-electron chi connectivity index (χ0n) is 11.9. The molecule has 0 saturated carbocycles. The van der Waals surface area contributed by atoms with Crippen molar-refractivity contribution in [2.45, 2.75) is 26.3 Å². The van der Waals surface area contributed by atoms with Gasteiger partial charge in [0, 0.05) is 11.1 Å². The lowest BCUT2D eigenvalue weighted by molar-refractivity contribution is 0.785. The number of anilines is 1. The first-order valence-electron chi connectivity index (χ1n) is 6.83. The highest BCUT2D eigenvalue weighted by Crippen LogP contribution is 2.25. The van der Waals surface area contributed by atoms with E-state index in [0.29, 0.717) is 0 Å². The highest BCUT2D eigenvalue weighted by atomic mass is 35.5. The number of rotatable bonds is 4. The fourth-order valence-electron chi connectivity index (χ4n) is 2.34. The Labute approximate surface area is 133 Å². The Bertz CT molecular complexity index is 769. The summed E-state index contributed by atoms with van der Waals surface area (Å²) in [6, 6.07) is 8.48. The van der Waals surface area contributed by atoms with Crippen LogP contribution in [-0.2, 0) is 6.42 Å². The topological polar surface area (TPSA) is 37.8 Å². The molecular formula is C16H16ClN3S. The van der Waals surface area contributed by atoms with Crippen molar-refractivity contribution >= 4 is 39.0 Å². The second-order valence-electron chi connectivity index (χ2n) is 5.21. The minimum atomic E-state index is 0.239. The van der Waals surface area contributed by atoms with Gasteiger partial charge in [-0.1, -0.05) is 23.7 Å². The van der Waals surface area contributed by atoms with Crippen LogP contribution in [0.2, 0.25) is 5.02 Å². The summed E-state index contributed by atoms with van der Waals surface area (Å²) >= 11 is 7.93. The first-order valence-corrected chi connectivity index (χ1v) is 8.09. The van der Waals surface area contributed by atoms with E-state index in [1.54, 1.807) is 17.7 Å². The Hall–Kier alpha value is -1.65. The zero-order chi connectivity index (χ0) is 14.8. The SMILES string of the molecule is Cc1ccc(CC(C)Nc2ncnc3sccc23)c(Cl)c1. The van der Waals surface area contributed by atoms with Gasteiger partial charge >= 0.3 is 0 Å². The Morgan fingerprint density at radius 1 is 1.29 bits per heavy atom. The van der Waals surface area contributed by atoms with Crippen molar-refractivity contribution < 1.29 is 0 Å². The third-order valence-corrected chi connectivity index (χ3v) is 4.55. The number of aryl methyl sites for hydroxylation is 1. The van der Waals surface area contributed by atoms with E-state index in [1.807, 2.05) is 24.4 Å². The second-order valence-corrected chi connectivity index (χ2v) is 6.51. The standard InChI is InChI=1S/C16H16ClN3S/c1-10-3-4-12(14(17)7-10)8-11(2)20-15-13-5-6-21-16(13)19-9-18-15/h3-7,9,11H,8H2,1-2H3,(H,18,19,20). The lowest BCUT2D eigenvalue weighted by Gasteiger charge is -2.16. The molecule has 0 aliphatic carbocycles. The van der Waals surface area contributed by atoms with E-state index in [-0.39, 0.29) is 6.04 Å². The van der Waals surface area contributed by atoms with E-state index in [0.717, 1.165) is 33.0 Å². The molecule has 5 heteroatoms. The van der Waals surface area contributed by atoms with E-state index in [1.165, 1.54) is 5.56 Å². The molecule has 0 bridgehead atoms. The molecule has 3 nitrogen and oxygen atoms in total. The van der Waals surface area contributed by atoms with Crippen LogP contribution in [0.1, 0.15) is 18.1 Å². The summed E-state index contributed by atoms with van der Waals surface area (Å²) in [4.78, 5) is 9.62. The van der Waals surface area contributed by atoms with Crippen molar-refractivity contribution in [2.24, 2.45) is 0 Å². The largest absolute Gasteiger partial charge is 0.367 e. The van der Waals surface area contributed by atoms with Crippen LogP contribution in [0.15, 0.2) is 36.0 Å². The van der Waals surface area contributed by atoms with Gasteiger partial charge in [-0.15, -0.1) is 11.3 Å². The maximum absolute atomic E-state index is 6.30. The maximum Gasteiger partial charge on any atom is 0.138 e. The molecule has 1 atom stereocenters. The van der Waals surface area contributed by atoms with Crippen molar-refractivity contribution in [2.75, 3.05) is 5.32 Å². The van der Waals surface area contributed by atoms with Crippen molar-refractivity contribution in [1.82, 2.24) is 9.97 Å². The Morgan fingerprint density at radius 3 is 2.95 bits per heavy atom. The van der Waals surface area contributed by atoms with Gasteiger partial charge in [0.2, 0.25) is 0 Å². The number of halogens is 1. The summed E-state index contributed by atoms with van der Waals surface area (Å²) in [6.45, 7) is 4.18. The molecule has 0 aliphatic heterocycles. The molecule has 108 valence electrons. The third-order valence-electron chi connectivity index (χ3n) is 3.38. The fraction of sp³-hybridized carbons (Fsp3) is 0.250. The lowest BCUT2D eigenvalue weighted by Crippen LogP contribution is -2.19. The molecule has 21 heavy (non-hydrogen) atoms. The molecule has 1 N–H and O–H groups in total. The fourth-order valence-corrected chi connectivity index (χ4v) is 3.38. The number of benzene rings is 1. The first kappa shape index (κ1) is 14.3. The highest BCUT2D eigenvalue weighted by molar-refractivity contribution is 7.16.